The normalized spacial score (nSPS) is 11.9. The van der Waals surface area contributed by atoms with E-state index in [1.807, 2.05) is 30.3 Å². The molecule has 0 radical (unpaired) electrons. The van der Waals surface area contributed by atoms with Gasteiger partial charge in [-0.2, -0.15) is 0 Å². The van der Waals surface area contributed by atoms with Crippen molar-refractivity contribution in [1.82, 2.24) is 0 Å². The van der Waals surface area contributed by atoms with Gasteiger partial charge in [0.25, 0.3) is 0 Å². The molecule has 1 rings (SSSR count). The van der Waals surface area contributed by atoms with Gasteiger partial charge in [0.05, 0.1) is 6.61 Å². The van der Waals surface area contributed by atoms with Crippen molar-refractivity contribution in [2.45, 2.75) is 13.8 Å². The van der Waals surface area contributed by atoms with E-state index in [0.717, 1.165) is 5.56 Å². The van der Waals surface area contributed by atoms with E-state index in [1.165, 1.54) is 0 Å². The maximum atomic E-state index is 11.4. The van der Waals surface area contributed by atoms with Crippen LogP contribution in [0.25, 0.3) is 4.91 Å². The monoisotopic (exact) mass is 222 g/mol. The smallest absolute Gasteiger partial charge is 0.334 e. The van der Waals surface area contributed by atoms with Gasteiger partial charge in [0.2, 0.25) is 0 Å². The fourth-order valence-electron chi connectivity index (χ4n) is 1.15. The van der Waals surface area contributed by atoms with Gasteiger partial charge in [0.15, 0.2) is 0 Å². The molecule has 80 valence electrons. The summed E-state index contributed by atoms with van der Waals surface area (Å²) in [5, 5.41) is 0. The van der Waals surface area contributed by atoms with Gasteiger partial charge in [-0.1, -0.05) is 30.3 Å². The molecule has 1 aromatic carbocycles. The number of carbonyl (C=O) groups is 1. The zero-order chi connectivity index (χ0) is 11.3. The third kappa shape index (κ3) is 3.13. The summed E-state index contributed by atoms with van der Waals surface area (Å²) >= 11 is 4.33. The molecule has 3 heteroatoms. The Morgan fingerprint density at radius 2 is 1.93 bits per heavy atom. The van der Waals surface area contributed by atoms with Crippen molar-refractivity contribution in [3.8, 4) is 0 Å². The summed E-state index contributed by atoms with van der Waals surface area (Å²) in [6, 6.07) is 9.55. The Hall–Kier alpha value is -1.22. The Kier molecular flexibility index (Phi) is 4.43. The topological polar surface area (TPSA) is 26.3 Å². The van der Waals surface area contributed by atoms with Gasteiger partial charge in [0, 0.05) is 10.5 Å². The van der Waals surface area contributed by atoms with Gasteiger partial charge in [0.1, 0.15) is 0 Å². The molecule has 0 spiro atoms. The molecule has 0 fully saturated rings. The van der Waals surface area contributed by atoms with Crippen molar-refractivity contribution in [3.63, 3.8) is 0 Å². The minimum atomic E-state index is -0.314. The van der Waals surface area contributed by atoms with E-state index in [2.05, 4.69) is 12.6 Å². The Balaban J connectivity index is 2.95. The van der Waals surface area contributed by atoms with Crippen LogP contribution in [0, 0.1) is 0 Å². The summed E-state index contributed by atoms with van der Waals surface area (Å²) in [6.45, 7) is 3.88. The van der Waals surface area contributed by atoms with Crippen LogP contribution in [0.2, 0.25) is 0 Å². The zero-order valence-electron chi connectivity index (χ0n) is 8.86. The molecule has 0 aliphatic rings. The van der Waals surface area contributed by atoms with Crippen LogP contribution in [0.5, 0.6) is 0 Å². The van der Waals surface area contributed by atoms with E-state index in [1.54, 1.807) is 13.8 Å². The lowest BCUT2D eigenvalue weighted by molar-refractivity contribution is -0.138. The van der Waals surface area contributed by atoms with E-state index in [-0.39, 0.29) is 5.97 Å². The molecule has 0 atom stereocenters. The van der Waals surface area contributed by atoms with Crippen LogP contribution in [0.15, 0.2) is 35.9 Å². The summed E-state index contributed by atoms with van der Waals surface area (Å²) < 4.78 is 4.90. The molecule has 0 aromatic heterocycles. The van der Waals surface area contributed by atoms with Crippen LogP contribution in [-0.4, -0.2) is 12.6 Å². The van der Waals surface area contributed by atoms with E-state index in [0.29, 0.717) is 17.1 Å². The van der Waals surface area contributed by atoms with Crippen LogP contribution < -0.4 is 0 Å². The van der Waals surface area contributed by atoms with E-state index in [4.69, 9.17) is 4.74 Å². The van der Waals surface area contributed by atoms with Gasteiger partial charge in [-0.25, -0.2) is 4.79 Å². The first kappa shape index (κ1) is 11.9. The van der Waals surface area contributed by atoms with E-state index >= 15 is 0 Å². The average molecular weight is 222 g/mol. The number of rotatable bonds is 3. The highest BCUT2D eigenvalue weighted by atomic mass is 32.1. The molecule has 0 saturated heterocycles. The number of benzene rings is 1. The summed E-state index contributed by atoms with van der Waals surface area (Å²) in [7, 11) is 0. The van der Waals surface area contributed by atoms with Crippen molar-refractivity contribution >= 4 is 23.5 Å². The lowest BCUT2D eigenvalue weighted by Gasteiger charge is -2.06. The second kappa shape index (κ2) is 5.61. The fourth-order valence-corrected chi connectivity index (χ4v) is 1.39. The van der Waals surface area contributed by atoms with Gasteiger partial charge in [-0.15, -0.1) is 12.6 Å². The predicted octanol–water partition coefficient (Wildman–Crippen LogP) is 2.91. The number of esters is 1. The molecule has 0 amide bonds. The van der Waals surface area contributed by atoms with Crippen molar-refractivity contribution in [2.24, 2.45) is 0 Å². The summed E-state index contributed by atoms with van der Waals surface area (Å²) in [6.07, 6.45) is 0. The van der Waals surface area contributed by atoms with Crippen LogP contribution in [0.3, 0.4) is 0 Å². The Labute approximate surface area is 95.4 Å². The van der Waals surface area contributed by atoms with Crippen molar-refractivity contribution < 1.29 is 9.53 Å². The van der Waals surface area contributed by atoms with Gasteiger partial charge >= 0.3 is 5.97 Å². The molecule has 0 aliphatic heterocycles. The zero-order valence-corrected chi connectivity index (χ0v) is 9.75. The number of carbonyl (C=O) groups excluding carboxylic acids is 1. The van der Waals surface area contributed by atoms with Crippen molar-refractivity contribution in [2.75, 3.05) is 6.61 Å². The van der Waals surface area contributed by atoms with Gasteiger partial charge < -0.3 is 4.74 Å². The lowest BCUT2D eigenvalue weighted by atomic mass is 10.1. The first-order chi connectivity index (χ1) is 7.16. The Morgan fingerprint density at radius 1 is 1.33 bits per heavy atom. The average Bonchev–Trinajstić information content (AvgIpc) is 2.28. The minimum Gasteiger partial charge on any atom is -0.463 e. The first-order valence-electron chi connectivity index (χ1n) is 4.79. The number of ether oxygens (including phenoxy) is 1. The number of hydrogen-bond acceptors (Lipinski definition) is 3. The Morgan fingerprint density at radius 3 is 2.47 bits per heavy atom. The molecule has 2 nitrogen and oxygen atoms in total. The second-order valence-electron chi connectivity index (χ2n) is 3.06. The van der Waals surface area contributed by atoms with Crippen molar-refractivity contribution in [1.29, 1.82) is 0 Å². The minimum absolute atomic E-state index is 0.314. The van der Waals surface area contributed by atoms with Crippen LogP contribution in [-0.2, 0) is 9.53 Å². The van der Waals surface area contributed by atoms with E-state index < -0.39 is 0 Å². The predicted molar refractivity (Wildman–Crippen MR) is 64.7 cm³/mol. The van der Waals surface area contributed by atoms with Gasteiger partial charge in [-0.05, 0) is 19.4 Å². The second-order valence-corrected chi connectivity index (χ2v) is 3.51. The highest BCUT2D eigenvalue weighted by Crippen LogP contribution is 2.22. The molecule has 1 aromatic rings. The maximum absolute atomic E-state index is 11.4. The number of thiol groups is 1. The lowest BCUT2D eigenvalue weighted by Crippen LogP contribution is -2.06. The summed E-state index contributed by atoms with van der Waals surface area (Å²) in [5.74, 6) is -0.314. The molecule has 0 heterocycles. The van der Waals surface area contributed by atoms with Crippen LogP contribution in [0.4, 0.5) is 0 Å². The first-order valence-corrected chi connectivity index (χ1v) is 5.24. The molecule has 0 unspecified atom stereocenters. The molecule has 0 aliphatic carbocycles. The Bertz CT molecular complexity index is 368. The quantitative estimate of drug-likeness (QED) is 0.483. The summed E-state index contributed by atoms with van der Waals surface area (Å²) in [5.41, 5.74) is 1.46. The van der Waals surface area contributed by atoms with E-state index in [9.17, 15) is 4.79 Å². The summed E-state index contributed by atoms with van der Waals surface area (Å²) in [4.78, 5) is 12.1. The molecule has 15 heavy (non-hydrogen) atoms. The molecule has 0 N–H and O–H groups in total. The highest BCUT2D eigenvalue weighted by molar-refractivity contribution is 7.90. The molecular formula is C12H14O2S. The van der Waals surface area contributed by atoms with Crippen LogP contribution >= 0.6 is 12.6 Å². The molecule has 0 bridgehead atoms. The fraction of sp³-hybridized carbons (Fsp3) is 0.250. The highest BCUT2D eigenvalue weighted by Gasteiger charge is 2.10. The third-order valence-electron chi connectivity index (χ3n) is 1.98. The SMILES string of the molecule is CCOC(=O)/C(C)=C(\S)c1ccccc1. The van der Waals surface area contributed by atoms with Crippen molar-refractivity contribution in [3.05, 3.63) is 41.5 Å². The standard InChI is InChI=1S/C12H14O2S/c1-3-14-12(13)9(2)11(15)10-7-5-4-6-8-10/h4-8,15H,3H2,1-2H3/b11-9-. The van der Waals surface area contributed by atoms with Crippen LogP contribution in [0.1, 0.15) is 19.4 Å². The third-order valence-corrected chi connectivity index (χ3v) is 2.58. The largest absolute Gasteiger partial charge is 0.463 e. The molecule has 0 saturated carbocycles. The molecular weight excluding hydrogens is 208 g/mol. The maximum Gasteiger partial charge on any atom is 0.334 e. The van der Waals surface area contributed by atoms with Gasteiger partial charge in [-0.3, -0.25) is 0 Å². The number of hydrogen-bond donors (Lipinski definition) is 1.